The van der Waals surface area contributed by atoms with E-state index in [9.17, 15) is 0 Å². The Kier molecular flexibility index (Phi) is 27.7. The third kappa shape index (κ3) is 31.2. The molecule has 0 N–H and O–H groups in total. The summed E-state index contributed by atoms with van der Waals surface area (Å²) >= 11 is -4.20. The molecule has 0 saturated heterocycles. The van der Waals surface area contributed by atoms with Gasteiger partial charge in [-0.25, -0.2) is 0 Å². The Morgan fingerprint density at radius 1 is 1.50 bits per heavy atom. The van der Waals surface area contributed by atoms with Crippen molar-refractivity contribution in [1.29, 1.82) is 0 Å². The van der Waals surface area contributed by atoms with E-state index in [1.807, 2.05) is 0 Å². The van der Waals surface area contributed by atoms with Crippen molar-refractivity contribution in [2.75, 3.05) is 0 Å². The SMILES string of the molecule is [H-].[K+].[Li+].[O]=[Nb](=[O])[O-]. The zero-order valence-corrected chi connectivity index (χ0v) is 8.99. The van der Waals surface area contributed by atoms with Crippen molar-refractivity contribution in [2.24, 2.45) is 0 Å². The zero-order chi connectivity index (χ0) is 3.58. The fourth-order valence-corrected chi connectivity index (χ4v) is 0. The first kappa shape index (κ1) is 15.8. The Balaban J connectivity index is -0.0000000150. The van der Waals surface area contributed by atoms with Crippen LogP contribution >= 0.6 is 0 Å². The van der Waals surface area contributed by atoms with Gasteiger partial charge in [-0.2, -0.15) is 0 Å². The van der Waals surface area contributed by atoms with E-state index in [4.69, 9.17) is 10.1 Å². The molecule has 0 radical (unpaired) electrons. The molecule has 0 atom stereocenters. The van der Waals surface area contributed by atoms with Gasteiger partial charge in [-0.1, -0.05) is 0 Å². The van der Waals surface area contributed by atoms with Crippen LogP contribution < -0.4 is 73.9 Å². The molecule has 0 bridgehead atoms. The van der Waals surface area contributed by atoms with Gasteiger partial charge in [0, 0.05) is 0 Å². The van der Waals surface area contributed by atoms with Crippen LogP contribution in [0.3, 0.4) is 0 Å². The quantitative estimate of drug-likeness (QED) is 0.355. The summed E-state index contributed by atoms with van der Waals surface area (Å²) in [6.07, 6.45) is 0. The summed E-state index contributed by atoms with van der Waals surface area (Å²) in [5.41, 5.74) is 0. The predicted octanol–water partition coefficient (Wildman–Crippen LogP) is -7.31. The van der Waals surface area contributed by atoms with E-state index in [0.29, 0.717) is 0 Å². The molecule has 0 heterocycles. The Bertz CT molecular complexity index is 63.3. The van der Waals surface area contributed by atoms with Gasteiger partial charge < -0.3 is 1.43 Å². The molecule has 0 aliphatic heterocycles. The van der Waals surface area contributed by atoms with Crippen LogP contribution in [0.25, 0.3) is 0 Å². The van der Waals surface area contributed by atoms with Crippen molar-refractivity contribution < 1.29 is 101 Å². The van der Waals surface area contributed by atoms with E-state index in [0.717, 1.165) is 0 Å². The molecular formula is HKLiNbO3. The van der Waals surface area contributed by atoms with E-state index in [1.54, 1.807) is 0 Å². The maximum atomic E-state index is 8.60. The van der Waals surface area contributed by atoms with Crippen molar-refractivity contribution in [2.45, 2.75) is 0 Å². The summed E-state index contributed by atoms with van der Waals surface area (Å²) in [7, 11) is 0. The van der Waals surface area contributed by atoms with Crippen LogP contribution in [-0.4, -0.2) is 0 Å². The van der Waals surface area contributed by atoms with Gasteiger partial charge in [0.15, 0.2) is 0 Å². The van der Waals surface area contributed by atoms with Gasteiger partial charge in [0.25, 0.3) is 0 Å². The summed E-state index contributed by atoms with van der Waals surface area (Å²) in [5, 5.41) is 0. The monoisotopic (exact) mass is 188 g/mol. The van der Waals surface area contributed by atoms with E-state index in [2.05, 4.69) is 0 Å². The minimum atomic E-state index is -4.20. The van der Waals surface area contributed by atoms with Gasteiger partial charge in [0.05, 0.1) is 0 Å². The molecule has 0 amide bonds. The van der Waals surface area contributed by atoms with E-state index in [1.165, 1.54) is 0 Å². The Morgan fingerprint density at radius 3 is 1.50 bits per heavy atom. The second-order valence-corrected chi connectivity index (χ2v) is 1.32. The average Bonchev–Trinajstić information content (AvgIpc) is 0.811. The van der Waals surface area contributed by atoms with Crippen LogP contribution in [0.5, 0.6) is 0 Å². The van der Waals surface area contributed by atoms with Gasteiger partial charge >= 0.3 is 99.1 Å². The van der Waals surface area contributed by atoms with E-state index in [-0.39, 0.29) is 71.7 Å². The van der Waals surface area contributed by atoms with Crippen LogP contribution in [-0.2, 0) is 25.3 Å². The fraction of sp³-hybridized carbons (Fsp3) is 0. The molecule has 0 saturated carbocycles. The standard InChI is InChI=1S/K.Li.Nb.3O.H/q2*+1;;;;2*-1. The van der Waals surface area contributed by atoms with Gasteiger partial charge in [0.1, 0.15) is 0 Å². The van der Waals surface area contributed by atoms with Crippen LogP contribution in [0.2, 0.25) is 0 Å². The van der Waals surface area contributed by atoms with Crippen molar-refractivity contribution in [3.05, 3.63) is 0 Å². The first-order chi connectivity index (χ1) is 1.73. The summed E-state index contributed by atoms with van der Waals surface area (Å²) in [6.45, 7) is 0. The summed E-state index contributed by atoms with van der Waals surface area (Å²) in [5.74, 6) is 0. The molecule has 6 heavy (non-hydrogen) atoms. The summed E-state index contributed by atoms with van der Waals surface area (Å²) in [6, 6.07) is 0. The Morgan fingerprint density at radius 2 is 1.50 bits per heavy atom. The molecule has 0 fully saturated rings. The molecular weight excluding hydrogens is 187 g/mol. The van der Waals surface area contributed by atoms with Crippen LogP contribution in [0, 0.1) is 0 Å². The molecule has 3 nitrogen and oxygen atoms in total. The second kappa shape index (κ2) is 10.5. The molecule has 6 heteroatoms. The number of rotatable bonds is 0. The third-order valence-electron chi connectivity index (χ3n) is 0. The van der Waals surface area contributed by atoms with E-state index >= 15 is 0 Å². The predicted molar refractivity (Wildman–Crippen MR) is 2.49 cm³/mol. The molecule has 0 aromatic rings. The zero-order valence-electron chi connectivity index (χ0n) is 4.67. The second-order valence-electron chi connectivity index (χ2n) is 0.224. The molecule has 0 aromatic carbocycles. The molecule has 0 aliphatic rings. The van der Waals surface area contributed by atoms with Crippen molar-refractivity contribution in [3.63, 3.8) is 0 Å². The van der Waals surface area contributed by atoms with Gasteiger partial charge in [-0.15, -0.1) is 0 Å². The van der Waals surface area contributed by atoms with Crippen molar-refractivity contribution in [1.82, 2.24) is 0 Å². The number of hydrogen-bond donors (Lipinski definition) is 0. The normalized spacial score (nSPS) is 4.17. The van der Waals surface area contributed by atoms with Crippen LogP contribution in [0.1, 0.15) is 1.43 Å². The molecule has 0 rings (SSSR count). The molecule has 0 unspecified atom stereocenters. The Hall–Kier alpha value is 2.53. The Labute approximate surface area is 98.2 Å². The van der Waals surface area contributed by atoms with Crippen LogP contribution in [0.15, 0.2) is 0 Å². The van der Waals surface area contributed by atoms with E-state index < -0.39 is 18.8 Å². The first-order valence-electron chi connectivity index (χ1n) is 0.548. The van der Waals surface area contributed by atoms with Crippen molar-refractivity contribution in [3.8, 4) is 0 Å². The van der Waals surface area contributed by atoms with Crippen LogP contribution in [0.4, 0.5) is 0 Å². The van der Waals surface area contributed by atoms with Gasteiger partial charge in [-0.3, -0.25) is 0 Å². The van der Waals surface area contributed by atoms with Crippen molar-refractivity contribution >= 4 is 0 Å². The molecule has 26 valence electrons. The molecule has 0 spiro atoms. The average molecular weight is 188 g/mol. The molecule has 0 aromatic heterocycles. The van der Waals surface area contributed by atoms with Gasteiger partial charge in [0.2, 0.25) is 0 Å². The molecule has 0 aliphatic carbocycles. The number of hydrogen-bond acceptors (Lipinski definition) is 3. The summed E-state index contributed by atoms with van der Waals surface area (Å²) in [4.78, 5) is 0. The summed E-state index contributed by atoms with van der Waals surface area (Å²) < 4.78 is 25.8. The topological polar surface area (TPSA) is 57.2 Å². The van der Waals surface area contributed by atoms with Gasteiger partial charge in [-0.05, 0) is 0 Å². The first-order valence-corrected chi connectivity index (χ1v) is 3.24. The minimum absolute atomic E-state index is 0. The third-order valence-corrected chi connectivity index (χ3v) is 0. The maximum absolute atomic E-state index is 8.60. The fourth-order valence-electron chi connectivity index (χ4n) is 0.